The van der Waals surface area contributed by atoms with Crippen LogP contribution >= 0.6 is 0 Å². The van der Waals surface area contributed by atoms with Gasteiger partial charge in [0.15, 0.2) is 0 Å². The third-order valence-corrected chi connectivity index (χ3v) is 3.57. The van der Waals surface area contributed by atoms with Crippen LogP contribution in [-0.4, -0.2) is 19.0 Å². The van der Waals surface area contributed by atoms with Crippen molar-refractivity contribution in [1.29, 1.82) is 5.26 Å². The average Bonchev–Trinajstić information content (AvgIpc) is 2.65. The molecule has 2 N–H and O–H groups in total. The van der Waals surface area contributed by atoms with Gasteiger partial charge in [-0.2, -0.15) is 5.26 Å². The first-order valence-electron chi connectivity index (χ1n) is 7.92. The second-order valence-electron chi connectivity index (χ2n) is 5.56. The van der Waals surface area contributed by atoms with Crippen LogP contribution in [0.4, 0.5) is 5.69 Å². The summed E-state index contributed by atoms with van der Waals surface area (Å²) in [5.74, 6) is -0.879. The van der Waals surface area contributed by atoms with Crippen molar-refractivity contribution in [3.63, 3.8) is 0 Å². The zero-order valence-electron chi connectivity index (χ0n) is 14.6. The number of nitrogens with zero attached hydrogens (tertiary/aromatic N) is 1. The van der Waals surface area contributed by atoms with Gasteiger partial charge in [0.25, 0.3) is 5.91 Å². The summed E-state index contributed by atoms with van der Waals surface area (Å²) in [6, 6.07) is 16.1. The number of rotatable bonds is 6. The van der Waals surface area contributed by atoms with Gasteiger partial charge in [0.1, 0.15) is 11.6 Å². The number of hydrogen-bond donors (Lipinski definition) is 2. The fourth-order valence-electron chi connectivity index (χ4n) is 2.22. The number of amides is 1. The highest BCUT2D eigenvalue weighted by atomic mass is 16.5. The highest BCUT2D eigenvalue weighted by Crippen LogP contribution is 2.11. The molecule has 6 heteroatoms. The Labute approximate surface area is 152 Å². The maximum atomic E-state index is 12.2. The van der Waals surface area contributed by atoms with Crippen molar-refractivity contribution in [3.05, 3.63) is 77.0 Å². The summed E-state index contributed by atoms with van der Waals surface area (Å²) in [6.45, 7) is 2.33. The molecule has 0 atom stereocenters. The minimum absolute atomic E-state index is 0.0299. The van der Waals surface area contributed by atoms with E-state index in [1.807, 2.05) is 31.2 Å². The van der Waals surface area contributed by atoms with Crippen LogP contribution in [0.25, 0.3) is 0 Å². The van der Waals surface area contributed by atoms with Gasteiger partial charge in [-0.25, -0.2) is 4.79 Å². The first-order valence-corrected chi connectivity index (χ1v) is 7.92. The van der Waals surface area contributed by atoms with E-state index < -0.39 is 11.9 Å². The van der Waals surface area contributed by atoms with Crippen LogP contribution in [0.2, 0.25) is 0 Å². The molecular formula is C20H19N3O3. The minimum atomic E-state index is -0.480. The van der Waals surface area contributed by atoms with Crippen LogP contribution in [0.3, 0.4) is 0 Å². The molecule has 26 heavy (non-hydrogen) atoms. The number of aryl methyl sites for hydroxylation is 1. The lowest BCUT2D eigenvalue weighted by atomic mass is 10.1. The van der Waals surface area contributed by atoms with E-state index in [4.69, 9.17) is 0 Å². The van der Waals surface area contributed by atoms with Crippen LogP contribution in [0.1, 0.15) is 21.5 Å². The third-order valence-electron chi connectivity index (χ3n) is 3.57. The van der Waals surface area contributed by atoms with E-state index in [0.29, 0.717) is 17.8 Å². The van der Waals surface area contributed by atoms with Crippen molar-refractivity contribution < 1.29 is 14.3 Å². The van der Waals surface area contributed by atoms with Crippen molar-refractivity contribution in [3.8, 4) is 6.07 Å². The third kappa shape index (κ3) is 5.21. The van der Waals surface area contributed by atoms with Gasteiger partial charge in [-0.1, -0.05) is 24.3 Å². The molecule has 0 aromatic heterocycles. The molecule has 2 rings (SSSR count). The van der Waals surface area contributed by atoms with Gasteiger partial charge < -0.3 is 15.4 Å². The Morgan fingerprint density at radius 2 is 1.92 bits per heavy atom. The summed E-state index contributed by atoms with van der Waals surface area (Å²) in [5.41, 5.74) is 2.97. The van der Waals surface area contributed by atoms with Gasteiger partial charge in [-0.15, -0.1) is 0 Å². The number of carbonyl (C=O) groups excluding carboxylic acids is 2. The zero-order chi connectivity index (χ0) is 18.9. The Balaban J connectivity index is 1.95. The fraction of sp³-hybridized carbons (Fsp3) is 0.150. The maximum Gasteiger partial charge on any atom is 0.337 e. The van der Waals surface area contributed by atoms with Gasteiger partial charge in [-0.05, 0) is 42.3 Å². The second-order valence-corrected chi connectivity index (χ2v) is 5.56. The molecule has 2 aromatic carbocycles. The molecule has 0 fully saturated rings. The summed E-state index contributed by atoms with van der Waals surface area (Å²) in [5, 5.41) is 14.8. The van der Waals surface area contributed by atoms with Crippen LogP contribution in [0, 0.1) is 18.3 Å². The summed E-state index contributed by atoms with van der Waals surface area (Å²) >= 11 is 0. The summed E-state index contributed by atoms with van der Waals surface area (Å²) in [6.07, 6.45) is 1.37. The van der Waals surface area contributed by atoms with E-state index in [1.165, 1.54) is 13.3 Å². The number of methoxy groups -OCH3 is 1. The van der Waals surface area contributed by atoms with Crippen LogP contribution in [0.5, 0.6) is 0 Å². The van der Waals surface area contributed by atoms with E-state index in [1.54, 1.807) is 30.3 Å². The van der Waals surface area contributed by atoms with Gasteiger partial charge in [0.2, 0.25) is 0 Å². The summed E-state index contributed by atoms with van der Waals surface area (Å²) < 4.78 is 4.64. The molecule has 0 saturated heterocycles. The van der Waals surface area contributed by atoms with Crippen molar-refractivity contribution in [2.45, 2.75) is 13.5 Å². The number of anilines is 1. The SMILES string of the molecule is COC(=O)c1ccc(CN/C=C(/C#N)C(=O)Nc2cccc(C)c2)cc1. The summed E-state index contributed by atoms with van der Waals surface area (Å²) in [4.78, 5) is 23.5. The molecule has 0 saturated carbocycles. The van der Waals surface area contributed by atoms with E-state index >= 15 is 0 Å². The van der Waals surface area contributed by atoms with Gasteiger partial charge in [0, 0.05) is 18.4 Å². The summed E-state index contributed by atoms with van der Waals surface area (Å²) in [7, 11) is 1.33. The van der Waals surface area contributed by atoms with E-state index in [-0.39, 0.29) is 5.57 Å². The molecule has 0 aliphatic heterocycles. The molecule has 1 amide bonds. The molecule has 2 aromatic rings. The van der Waals surface area contributed by atoms with Crippen LogP contribution in [0.15, 0.2) is 60.3 Å². The van der Waals surface area contributed by atoms with Crippen LogP contribution in [-0.2, 0) is 16.1 Å². The number of benzene rings is 2. The molecular weight excluding hydrogens is 330 g/mol. The molecule has 0 bridgehead atoms. The monoisotopic (exact) mass is 349 g/mol. The maximum absolute atomic E-state index is 12.2. The highest BCUT2D eigenvalue weighted by molar-refractivity contribution is 6.06. The van der Waals surface area contributed by atoms with Crippen molar-refractivity contribution in [2.24, 2.45) is 0 Å². The number of ether oxygens (including phenoxy) is 1. The molecule has 0 unspecified atom stereocenters. The Kier molecular flexibility index (Phi) is 6.52. The van der Waals surface area contributed by atoms with Crippen LogP contribution < -0.4 is 10.6 Å². The number of nitriles is 1. The predicted octanol–water partition coefficient (Wildman–Crippen LogP) is 2.92. The Morgan fingerprint density at radius 1 is 1.19 bits per heavy atom. The lowest BCUT2D eigenvalue weighted by Crippen LogP contribution is -2.16. The first kappa shape index (κ1) is 18.7. The predicted molar refractivity (Wildman–Crippen MR) is 98.1 cm³/mol. The van der Waals surface area contributed by atoms with Gasteiger partial charge >= 0.3 is 5.97 Å². The van der Waals surface area contributed by atoms with Crippen molar-refractivity contribution in [2.75, 3.05) is 12.4 Å². The second kappa shape index (κ2) is 9.04. The molecule has 6 nitrogen and oxygen atoms in total. The number of carbonyl (C=O) groups is 2. The quantitative estimate of drug-likeness (QED) is 0.475. The zero-order valence-corrected chi connectivity index (χ0v) is 14.6. The van der Waals surface area contributed by atoms with Crippen molar-refractivity contribution in [1.82, 2.24) is 5.32 Å². The number of nitrogens with one attached hydrogen (secondary N) is 2. The topological polar surface area (TPSA) is 91.2 Å². The average molecular weight is 349 g/mol. The largest absolute Gasteiger partial charge is 0.465 e. The normalized spacial score (nSPS) is 10.6. The molecule has 0 radical (unpaired) electrons. The van der Waals surface area contributed by atoms with E-state index in [2.05, 4.69) is 15.4 Å². The van der Waals surface area contributed by atoms with E-state index in [0.717, 1.165) is 11.1 Å². The standard InChI is InChI=1S/C20H19N3O3/c1-14-4-3-5-18(10-14)23-19(24)17(11-21)13-22-12-15-6-8-16(9-7-15)20(25)26-2/h3-10,13,22H,12H2,1-2H3,(H,23,24)/b17-13-. The van der Waals surface area contributed by atoms with E-state index in [9.17, 15) is 14.9 Å². The highest BCUT2D eigenvalue weighted by Gasteiger charge is 2.09. The fourth-order valence-corrected chi connectivity index (χ4v) is 2.22. The first-order chi connectivity index (χ1) is 12.5. The van der Waals surface area contributed by atoms with Crippen molar-refractivity contribution >= 4 is 17.6 Å². The lowest BCUT2D eigenvalue weighted by Gasteiger charge is -2.06. The molecule has 0 aliphatic rings. The number of hydrogen-bond acceptors (Lipinski definition) is 5. The van der Waals surface area contributed by atoms with Gasteiger partial charge in [-0.3, -0.25) is 4.79 Å². The Morgan fingerprint density at radius 3 is 2.54 bits per heavy atom. The lowest BCUT2D eigenvalue weighted by molar-refractivity contribution is -0.112. The minimum Gasteiger partial charge on any atom is -0.465 e. The smallest absolute Gasteiger partial charge is 0.337 e. The number of esters is 1. The molecule has 0 spiro atoms. The Bertz CT molecular complexity index is 865. The molecule has 0 heterocycles. The Hall–Kier alpha value is -3.59. The van der Waals surface area contributed by atoms with Gasteiger partial charge in [0.05, 0.1) is 12.7 Å². The molecule has 0 aliphatic carbocycles. The molecule has 132 valence electrons.